The Morgan fingerprint density at radius 3 is 2.35 bits per heavy atom. The van der Waals surface area contributed by atoms with E-state index in [1.807, 2.05) is 30.3 Å². The van der Waals surface area contributed by atoms with Crippen molar-refractivity contribution in [2.24, 2.45) is 0 Å². The molecule has 2 rings (SSSR count). The molecule has 0 saturated carbocycles. The first-order valence-electron chi connectivity index (χ1n) is 6.26. The summed E-state index contributed by atoms with van der Waals surface area (Å²) in [5.74, 6) is 0.684. The van der Waals surface area contributed by atoms with Gasteiger partial charge in [0.25, 0.3) is 0 Å². The summed E-state index contributed by atoms with van der Waals surface area (Å²) in [6.45, 7) is 4.62. The van der Waals surface area contributed by atoms with Crippen LogP contribution in [0.3, 0.4) is 0 Å². The zero-order chi connectivity index (χ0) is 14.4. The van der Waals surface area contributed by atoms with Crippen molar-refractivity contribution in [1.82, 2.24) is 0 Å². The van der Waals surface area contributed by atoms with Crippen molar-refractivity contribution in [2.45, 2.75) is 6.54 Å². The number of ether oxygens (including phenoxy) is 1. The summed E-state index contributed by atoms with van der Waals surface area (Å²) in [6.07, 6.45) is 0. The van der Waals surface area contributed by atoms with Crippen LogP contribution in [-0.2, 0) is 11.3 Å². The fourth-order valence-corrected chi connectivity index (χ4v) is 2.31. The fraction of sp³-hybridized carbons (Fsp3) is 0.125. The first-order valence-corrected chi connectivity index (χ1v) is 7.34. The van der Waals surface area contributed by atoms with Gasteiger partial charge in [-0.25, -0.2) is 0 Å². The molecule has 0 amide bonds. The second kappa shape index (κ2) is 7.19. The SMILES string of the molecule is C=C(OC)c1ccc(CNc2ccccc2NI)cc1. The Labute approximate surface area is 133 Å². The summed E-state index contributed by atoms with van der Waals surface area (Å²) in [7, 11) is 1.63. The van der Waals surface area contributed by atoms with Crippen LogP contribution in [0.1, 0.15) is 11.1 Å². The van der Waals surface area contributed by atoms with Crippen molar-refractivity contribution in [3.8, 4) is 0 Å². The van der Waals surface area contributed by atoms with Crippen LogP contribution >= 0.6 is 22.9 Å². The van der Waals surface area contributed by atoms with E-state index in [0.717, 1.165) is 23.5 Å². The Bertz CT molecular complexity index is 581. The van der Waals surface area contributed by atoms with Crippen LogP contribution in [0.2, 0.25) is 0 Å². The summed E-state index contributed by atoms with van der Waals surface area (Å²) in [5, 5.41) is 3.42. The number of nitrogens with one attached hydrogen (secondary N) is 2. The molecule has 0 aliphatic heterocycles. The van der Waals surface area contributed by atoms with Gasteiger partial charge in [-0.05, 0) is 17.7 Å². The standard InChI is InChI=1S/C16H17IN2O/c1-12(20-2)14-9-7-13(8-10-14)11-18-15-5-3-4-6-16(15)19-17/h3-10,18-19H,1,11H2,2H3. The summed E-state index contributed by atoms with van der Waals surface area (Å²) < 4.78 is 8.26. The van der Waals surface area contributed by atoms with E-state index in [1.165, 1.54) is 5.56 Å². The van der Waals surface area contributed by atoms with Crippen LogP contribution in [0.5, 0.6) is 0 Å². The summed E-state index contributed by atoms with van der Waals surface area (Å²) in [6, 6.07) is 16.3. The lowest BCUT2D eigenvalue weighted by Gasteiger charge is -2.11. The Morgan fingerprint density at radius 1 is 1.10 bits per heavy atom. The Morgan fingerprint density at radius 2 is 1.75 bits per heavy atom. The third-order valence-corrected chi connectivity index (χ3v) is 3.62. The molecular formula is C16H17IN2O. The van der Waals surface area contributed by atoms with E-state index in [2.05, 4.69) is 56.5 Å². The number of methoxy groups -OCH3 is 1. The number of anilines is 2. The maximum Gasteiger partial charge on any atom is 0.118 e. The predicted octanol–water partition coefficient (Wildman–Crippen LogP) is 4.68. The smallest absolute Gasteiger partial charge is 0.118 e. The first kappa shape index (κ1) is 14.7. The van der Waals surface area contributed by atoms with E-state index in [0.29, 0.717) is 5.76 Å². The average molecular weight is 380 g/mol. The molecule has 0 fully saturated rings. The highest BCUT2D eigenvalue weighted by atomic mass is 127. The average Bonchev–Trinajstić information content (AvgIpc) is 2.53. The molecule has 0 atom stereocenters. The van der Waals surface area contributed by atoms with Gasteiger partial charge in [-0.1, -0.05) is 43.0 Å². The Balaban J connectivity index is 2.02. The van der Waals surface area contributed by atoms with Gasteiger partial charge in [0.05, 0.1) is 41.3 Å². The molecule has 0 heterocycles. The van der Waals surface area contributed by atoms with Crippen LogP contribution in [0.15, 0.2) is 55.1 Å². The second-order valence-electron chi connectivity index (χ2n) is 4.32. The van der Waals surface area contributed by atoms with Crippen molar-refractivity contribution < 1.29 is 4.74 Å². The zero-order valence-corrected chi connectivity index (χ0v) is 13.5. The second-order valence-corrected chi connectivity index (χ2v) is 4.86. The summed E-state index contributed by atoms with van der Waals surface area (Å²) >= 11 is 2.14. The van der Waals surface area contributed by atoms with Crippen molar-refractivity contribution in [3.05, 3.63) is 66.2 Å². The molecule has 0 saturated heterocycles. The largest absolute Gasteiger partial charge is 0.497 e. The third-order valence-electron chi connectivity index (χ3n) is 3.03. The molecule has 2 aromatic rings. The number of para-hydroxylation sites is 2. The van der Waals surface area contributed by atoms with Gasteiger partial charge in [-0.2, -0.15) is 0 Å². The molecule has 104 valence electrons. The molecule has 0 radical (unpaired) electrons. The minimum atomic E-state index is 0.684. The van der Waals surface area contributed by atoms with Crippen LogP contribution in [-0.4, -0.2) is 7.11 Å². The van der Waals surface area contributed by atoms with E-state index >= 15 is 0 Å². The van der Waals surface area contributed by atoms with Crippen molar-refractivity contribution in [2.75, 3.05) is 16.0 Å². The van der Waals surface area contributed by atoms with Crippen LogP contribution in [0, 0.1) is 0 Å². The van der Waals surface area contributed by atoms with Crippen LogP contribution < -0.4 is 8.85 Å². The van der Waals surface area contributed by atoms with E-state index in [4.69, 9.17) is 4.74 Å². The van der Waals surface area contributed by atoms with Gasteiger partial charge in [0.1, 0.15) is 5.76 Å². The molecule has 3 nitrogen and oxygen atoms in total. The van der Waals surface area contributed by atoms with E-state index < -0.39 is 0 Å². The Hall–Kier alpha value is -1.69. The normalized spacial score (nSPS) is 9.90. The lowest BCUT2D eigenvalue weighted by molar-refractivity contribution is 0.371. The molecule has 4 heteroatoms. The minimum absolute atomic E-state index is 0.684. The highest BCUT2D eigenvalue weighted by Crippen LogP contribution is 2.23. The lowest BCUT2D eigenvalue weighted by atomic mass is 10.1. The van der Waals surface area contributed by atoms with E-state index in [9.17, 15) is 0 Å². The van der Waals surface area contributed by atoms with E-state index in [1.54, 1.807) is 7.11 Å². The first-order chi connectivity index (χ1) is 9.74. The van der Waals surface area contributed by atoms with Crippen molar-refractivity contribution in [3.63, 3.8) is 0 Å². The number of hydrogen-bond acceptors (Lipinski definition) is 3. The Kier molecular flexibility index (Phi) is 5.29. The van der Waals surface area contributed by atoms with Gasteiger partial charge in [-0.3, -0.25) is 0 Å². The monoisotopic (exact) mass is 380 g/mol. The van der Waals surface area contributed by atoms with Gasteiger partial charge in [0.2, 0.25) is 0 Å². The minimum Gasteiger partial charge on any atom is -0.497 e. The maximum atomic E-state index is 5.12. The highest BCUT2D eigenvalue weighted by Gasteiger charge is 2.01. The molecule has 2 aromatic carbocycles. The number of hydrogen-bond donors (Lipinski definition) is 2. The summed E-state index contributed by atoms with van der Waals surface area (Å²) in [5.41, 5.74) is 4.39. The van der Waals surface area contributed by atoms with Gasteiger partial charge < -0.3 is 13.6 Å². The van der Waals surface area contributed by atoms with Crippen LogP contribution in [0.4, 0.5) is 11.4 Å². The number of halogens is 1. The highest BCUT2D eigenvalue weighted by molar-refractivity contribution is 14.1. The molecule has 0 aliphatic carbocycles. The third kappa shape index (κ3) is 3.66. The number of rotatable bonds is 6. The van der Waals surface area contributed by atoms with Gasteiger partial charge >= 0.3 is 0 Å². The van der Waals surface area contributed by atoms with Crippen molar-refractivity contribution in [1.29, 1.82) is 0 Å². The van der Waals surface area contributed by atoms with Gasteiger partial charge in [0, 0.05) is 12.1 Å². The molecule has 0 spiro atoms. The molecule has 0 aromatic heterocycles. The lowest BCUT2D eigenvalue weighted by Crippen LogP contribution is -2.01. The predicted molar refractivity (Wildman–Crippen MR) is 93.9 cm³/mol. The quantitative estimate of drug-likeness (QED) is 0.434. The van der Waals surface area contributed by atoms with Crippen LogP contribution in [0.25, 0.3) is 5.76 Å². The van der Waals surface area contributed by atoms with Gasteiger partial charge in [0.15, 0.2) is 0 Å². The molecule has 0 aliphatic rings. The topological polar surface area (TPSA) is 33.3 Å². The molecule has 2 N–H and O–H groups in total. The zero-order valence-electron chi connectivity index (χ0n) is 11.3. The molecule has 20 heavy (non-hydrogen) atoms. The maximum absolute atomic E-state index is 5.12. The molecule has 0 bridgehead atoms. The van der Waals surface area contributed by atoms with Crippen molar-refractivity contribution >= 4 is 40.0 Å². The molecular weight excluding hydrogens is 363 g/mol. The van der Waals surface area contributed by atoms with Gasteiger partial charge in [-0.15, -0.1) is 0 Å². The number of benzene rings is 2. The summed E-state index contributed by atoms with van der Waals surface area (Å²) in [4.78, 5) is 0. The molecule has 0 unspecified atom stereocenters. The van der Waals surface area contributed by atoms with E-state index in [-0.39, 0.29) is 0 Å². The fourth-order valence-electron chi connectivity index (χ4n) is 1.84.